The molecule has 4 fully saturated rings. The number of hydrogen-bond acceptors (Lipinski definition) is 8. The van der Waals surface area contributed by atoms with E-state index < -0.39 is 46.9 Å². The number of carbonyl (C=O) groups is 5. The normalized spacial score (nSPS) is 22.4. The molecule has 2 aromatic carbocycles. The summed E-state index contributed by atoms with van der Waals surface area (Å²) in [6, 6.07) is 7.02. The zero-order valence-corrected chi connectivity index (χ0v) is 28.0. The SMILES string of the molecule is O=C1CCC(N2C(=O)c3ccc(N4CC5(CCN(c6cnn(C7(C(=O)Nc8ccc(C(F)(F)F)cc8Cl)CCC7)c6)CC5)C4)cc3C2=O)C(=O)N1. The molecule has 3 saturated heterocycles. The molecule has 3 aromatic rings. The number of nitrogens with one attached hydrogen (secondary N) is 2. The average molecular weight is 724 g/mol. The number of piperidine rings is 2. The van der Waals surface area contributed by atoms with Gasteiger partial charge in [-0.05, 0) is 74.9 Å². The van der Waals surface area contributed by atoms with Crippen LogP contribution in [0.5, 0.6) is 0 Å². The van der Waals surface area contributed by atoms with Crippen molar-refractivity contribution in [3.63, 3.8) is 0 Å². The van der Waals surface area contributed by atoms with E-state index in [1.54, 1.807) is 23.0 Å². The van der Waals surface area contributed by atoms with E-state index in [0.29, 0.717) is 12.8 Å². The van der Waals surface area contributed by atoms with E-state index in [1.807, 2.05) is 12.3 Å². The third-order valence-corrected chi connectivity index (χ3v) is 11.5. The summed E-state index contributed by atoms with van der Waals surface area (Å²) in [4.78, 5) is 69.2. The highest BCUT2D eigenvalue weighted by molar-refractivity contribution is 6.33. The minimum absolute atomic E-state index is 0.0625. The maximum absolute atomic E-state index is 13.5. The predicted molar refractivity (Wildman–Crippen MR) is 178 cm³/mol. The van der Waals surface area contributed by atoms with E-state index in [0.717, 1.165) is 79.9 Å². The van der Waals surface area contributed by atoms with Crippen LogP contribution in [0.4, 0.5) is 30.2 Å². The van der Waals surface area contributed by atoms with Gasteiger partial charge in [-0.1, -0.05) is 11.6 Å². The molecule has 1 atom stereocenters. The van der Waals surface area contributed by atoms with Crippen molar-refractivity contribution in [1.82, 2.24) is 20.0 Å². The van der Waals surface area contributed by atoms with E-state index in [2.05, 4.69) is 25.5 Å². The van der Waals surface area contributed by atoms with Gasteiger partial charge in [-0.15, -0.1) is 0 Å². The van der Waals surface area contributed by atoms with Gasteiger partial charge in [0.2, 0.25) is 11.8 Å². The molecule has 8 rings (SSSR count). The number of halogens is 4. The first kappa shape index (κ1) is 33.2. The molecule has 1 aromatic heterocycles. The summed E-state index contributed by atoms with van der Waals surface area (Å²) in [5.74, 6) is -2.49. The molecule has 16 heteroatoms. The van der Waals surface area contributed by atoms with Crippen LogP contribution in [0.3, 0.4) is 0 Å². The van der Waals surface area contributed by atoms with Crippen LogP contribution in [0.15, 0.2) is 48.8 Å². The lowest BCUT2D eigenvalue weighted by Crippen LogP contribution is -2.60. The summed E-state index contributed by atoms with van der Waals surface area (Å²) in [5, 5.41) is 9.29. The smallest absolute Gasteiger partial charge is 0.370 e. The quantitative estimate of drug-likeness (QED) is 0.353. The Morgan fingerprint density at radius 3 is 2.29 bits per heavy atom. The van der Waals surface area contributed by atoms with Gasteiger partial charge in [0.15, 0.2) is 0 Å². The molecular weight excluding hydrogens is 691 g/mol. The van der Waals surface area contributed by atoms with Crippen molar-refractivity contribution in [2.45, 2.75) is 62.7 Å². The van der Waals surface area contributed by atoms with Gasteiger partial charge >= 0.3 is 6.18 Å². The Balaban J connectivity index is 0.886. The number of anilines is 3. The largest absolute Gasteiger partial charge is 0.416 e. The zero-order chi connectivity index (χ0) is 35.9. The summed E-state index contributed by atoms with van der Waals surface area (Å²) < 4.78 is 40.9. The molecule has 5 heterocycles. The van der Waals surface area contributed by atoms with Crippen LogP contribution in [0.2, 0.25) is 5.02 Å². The molecular formula is C35H33ClF3N7O5. The van der Waals surface area contributed by atoms with Crippen LogP contribution < -0.4 is 20.4 Å². The molecule has 1 saturated carbocycles. The van der Waals surface area contributed by atoms with E-state index in [1.165, 1.54) is 0 Å². The third-order valence-electron chi connectivity index (χ3n) is 11.2. The predicted octanol–water partition coefficient (Wildman–Crippen LogP) is 4.58. The van der Waals surface area contributed by atoms with Crippen molar-refractivity contribution in [3.05, 3.63) is 70.5 Å². The van der Waals surface area contributed by atoms with Gasteiger partial charge in [-0.25, -0.2) is 0 Å². The van der Waals surface area contributed by atoms with Crippen molar-refractivity contribution >= 4 is 58.2 Å². The lowest BCUT2D eigenvalue weighted by atomic mass is 9.71. The van der Waals surface area contributed by atoms with E-state index in [9.17, 15) is 37.1 Å². The summed E-state index contributed by atoms with van der Waals surface area (Å²) in [5.41, 5.74) is 0.564. The lowest BCUT2D eigenvalue weighted by Gasteiger charge is -2.55. The van der Waals surface area contributed by atoms with Crippen LogP contribution in [-0.4, -0.2) is 76.4 Å². The van der Waals surface area contributed by atoms with Crippen LogP contribution in [0.25, 0.3) is 0 Å². The number of fused-ring (bicyclic) bond motifs is 1. The van der Waals surface area contributed by atoms with E-state index in [4.69, 9.17) is 11.6 Å². The van der Waals surface area contributed by atoms with E-state index in [-0.39, 0.29) is 46.0 Å². The first-order valence-corrected chi connectivity index (χ1v) is 17.2. The number of amides is 5. The molecule has 0 radical (unpaired) electrons. The van der Waals surface area contributed by atoms with E-state index >= 15 is 0 Å². The second-order valence-corrected chi connectivity index (χ2v) is 14.6. The highest BCUT2D eigenvalue weighted by Crippen LogP contribution is 2.45. The number of imide groups is 2. The number of nitrogens with zero attached hydrogens (tertiary/aromatic N) is 5. The second kappa shape index (κ2) is 11.8. The Morgan fingerprint density at radius 2 is 1.65 bits per heavy atom. The maximum Gasteiger partial charge on any atom is 0.416 e. The molecule has 266 valence electrons. The third kappa shape index (κ3) is 5.52. The first-order chi connectivity index (χ1) is 24.3. The molecule has 51 heavy (non-hydrogen) atoms. The molecule has 4 aliphatic heterocycles. The number of carbonyl (C=O) groups excluding carboxylic acids is 5. The van der Waals surface area contributed by atoms with Gasteiger partial charge in [0, 0.05) is 49.9 Å². The number of hydrogen-bond donors (Lipinski definition) is 2. The monoisotopic (exact) mass is 723 g/mol. The molecule has 2 N–H and O–H groups in total. The molecule has 1 spiro atoms. The standard InChI is InChI=1S/C35H33ClF3N7O5/c36-25-14-20(35(37,38)39)2-5-26(25)41-32(51)34(8-1-9-34)45-17-22(16-40-45)43-12-10-33(11-13-43)18-44(19-33)21-3-4-23-24(15-21)31(50)46(30(23)49)27-6-7-28(47)42-29(27)48/h2-5,14-17,27H,1,6-13,18-19H2,(H,41,51)(H,42,47,48). The second-order valence-electron chi connectivity index (χ2n) is 14.2. The number of rotatable bonds is 6. The van der Waals surface area contributed by atoms with Gasteiger partial charge in [-0.2, -0.15) is 18.3 Å². The van der Waals surface area contributed by atoms with Crippen molar-refractivity contribution in [1.29, 1.82) is 0 Å². The first-order valence-electron chi connectivity index (χ1n) is 16.9. The van der Waals surface area contributed by atoms with Crippen molar-refractivity contribution < 1.29 is 37.1 Å². The zero-order valence-electron chi connectivity index (χ0n) is 27.3. The summed E-state index contributed by atoms with van der Waals surface area (Å²) >= 11 is 6.10. The highest BCUT2D eigenvalue weighted by atomic mass is 35.5. The fourth-order valence-corrected chi connectivity index (χ4v) is 8.20. The molecule has 0 bridgehead atoms. The van der Waals surface area contributed by atoms with Crippen molar-refractivity contribution in [2.75, 3.05) is 41.3 Å². The highest BCUT2D eigenvalue weighted by Gasteiger charge is 2.49. The van der Waals surface area contributed by atoms with Crippen LogP contribution in [0, 0.1) is 5.41 Å². The molecule has 1 unspecified atom stereocenters. The Bertz CT molecular complexity index is 1990. The summed E-state index contributed by atoms with van der Waals surface area (Å²) in [6.45, 7) is 3.12. The maximum atomic E-state index is 13.5. The van der Waals surface area contributed by atoms with Gasteiger partial charge in [-0.3, -0.25) is 38.9 Å². The van der Waals surface area contributed by atoms with Crippen LogP contribution >= 0.6 is 11.6 Å². The number of alkyl halides is 3. The van der Waals surface area contributed by atoms with Crippen molar-refractivity contribution in [3.8, 4) is 0 Å². The fraction of sp³-hybridized carbons (Fsp3) is 0.429. The van der Waals surface area contributed by atoms with Gasteiger partial charge in [0.1, 0.15) is 11.6 Å². The number of aromatic nitrogens is 2. The van der Waals surface area contributed by atoms with Crippen molar-refractivity contribution in [2.24, 2.45) is 5.41 Å². The Morgan fingerprint density at radius 1 is 0.922 bits per heavy atom. The van der Waals surface area contributed by atoms with Crippen LogP contribution in [0.1, 0.15) is 71.2 Å². The average Bonchev–Trinajstić information content (AvgIpc) is 3.63. The Hall–Kier alpha value is -4.92. The molecule has 1 aliphatic carbocycles. The Kier molecular flexibility index (Phi) is 7.70. The fourth-order valence-electron chi connectivity index (χ4n) is 7.97. The Labute approximate surface area is 294 Å². The lowest BCUT2D eigenvalue weighted by molar-refractivity contribution is -0.138. The summed E-state index contributed by atoms with van der Waals surface area (Å²) in [6.07, 6.45) is 2.93. The minimum atomic E-state index is -4.55. The topological polar surface area (TPSA) is 137 Å². The molecule has 5 amide bonds. The molecule has 5 aliphatic rings. The molecule has 12 nitrogen and oxygen atoms in total. The van der Waals surface area contributed by atoms with Crippen LogP contribution in [-0.2, 0) is 26.1 Å². The summed E-state index contributed by atoms with van der Waals surface area (Å²) in [7, 11) is 0. The van der Waals surface area contributed by atoms with Gasteiger partial charge in [0.05, 0.1) is 39.3 Å². The number of benzene rings is 2. The van der Waals surface area contributed by atoms with Gasteiger partial charge in [0.25, 0.3) is 17.7 Å². The minimum Gasteiger partial charge on any atom is -0.370 e. The van der Waals surface area contributed by atoms with Gasteiger partial charge < -0.3 is 15.1 Å².